The minimum absolute atomic E-state index is 0.356. The molecule has 3 aromatic rings. The van der Waals surface area contributed by atoms with Crippen LogP contribution in [0.3, 0.4) is 0 Å². The number of rotatable bonds is 3. The molecule has 4 heterocycles. The van der Waals surface area contributed by atoms with Gasteiger partial charge in [0.15, 0.2) is 0 Å². The first-order valence-corrected chi connectivity index (χ1v) is 9.24. The van der Waals surface area contributed by atoms with Gasteiger partial charge in [0.2, 0.25) is 0 Å². The second-order valence-electron chi connectivity index (χ2n) is 7.08. The van der Waals surface area contributed by atoms with E-state index in [0.29, 0.717) is 6.04 Å². The van der Waals surface area contributed by atoms with Crippen LogP contribution in [-0.2, 0) is 19.5 Å². The van der Waals surface area contributed by atoms with Crippen molar-refractivity contribution in [1.82, 2.24) is 19.4 Å². The zero-order valence-electron chi connectivity index (χ0n) is 14.9. The molecule has 0 aliphatic carbocycles. The second-order valence-corrected chi connectivity index (χ2v) is 7.08. The number of fused-ring (bicyclic) bond motifs is 2. The number of aromatic nitrogens is 3. The van der Waals surface area contributed by atoms with E-state index in [0.717, 1.165) is 49.8 Å². The van der Waals surface area contributed by atoms with E-state index in [1.807, 2.05) is 18.5 Å². The number of imidazole rings is 1. The summed E-state index contributed by atoms with van der Waals surface area (Å²) in [5.74, 6) is 2.08. The summed E-state index contributed by atoms with van der Waals surface area (Å²) < 4.78 is 8.07. The van der Waals surface area contributed by atoms with E-state index in [9.17, 15) is 0 Å². The molecule has 1 atom stereocenters. The molecule has 1 unspecified atom stereocenters. The monoisotopic (exact) mass is 346 g/mol. The first-order valence-electron chi connectivity index (χ1n) is 9.24. The average Bonchev–Trinajstić information content (AvgIpc) is 3.33. The summed E-state index contributed by atoms with van der Waals surface area (Å²) in [4.78, 5) is 11.4. The zero-order chi connectivity index (χ0) is 17.5. The largest absolute Gasteiger partial charge is 0.493 e. The highest BCUT2D eigenvalue weighted by atomic mass is 16.5. The lowest BCUT2D eigenvalue weighted by Gasteiger charge is -2.34. The van der Waals surface area contributed by atoms with Crippen LogP contribution in [0.2, 0.25) is 0 Å². The number of hydrogen-bond donors (Lipinski definition) is 0. The van der Waals surface area contributed by atoms with Crippen molar-refractivity contribution in [1.29, 1.82) is 0 Å². The molecule has 5 rings (SSSR count). The Bertz CT molecular complexity index is 934. The van der Waals surface area contributed by atoms with Crippen molar-refractivity contribution in [2.75, 3.05) is 13.2 Å². The Hall–Kier alpha value is -2.66. The van der Waals surface area contributed by atoms with Gasteiger partial charge in [-0.15, -0.1) is 0 Å². The predicted molar refractivity (Wildman–Crippen MR) is 99.9 cm³/mol. The van der Waals surface area contributed by atoms with Crippen LogP contribution in [-0.4, -0.2) is 32.6 Å². The molecule has 2 aliphatic rings. The normalized spacial score (nSPS) is 17.4. The molecule has 1 aromatic carbocycles. The van der Waals surface area contributed by atoms with E-state index in [4.69, 9.17) is 4.74 Å². The van der Waals surface area contributed by atoms with E-state index in [1.165, 1.54) is 16.8 Å². The van der Waals surface area contributed by atoms with Gasteiger partial charge >= 0.3 is 0 Å². The van der Waals surface area contributed by atoms with Crippen LogP contribution in [0.5, 0.6) is 5.75 Å². The van der Waals surface area contributed by atoms with Crippen LogP contribution in [0.25, 0.3) is 11.4 Å². The molecular formula is C21H22N4O. The van der Waals surface area contributed by atoms with E-state index >= 15 is 0 Å². The van der Waals surface area contributed by atoms with Gasteiger partial charge in [-0.2, -0.15) is 0 Å². The lowest BCUT2D eigenvalue weighted by atomic mass is 10.0. The molecule has 0 bridgehead atoms. The Morgan fingerprint density at radius 3 is 3.00 bits per heavy atom. The minimum Gasteiger partial charge on any atom is -0.493 e. The maximum atomic E-state index is 5.75. The van der Waals surface area contributed by atoms with Crippen LogP contribution >= 0.6 is 0 Å². The van der Waals surface area contributed by atoms with E-state index < -0.39 is 0 Å². The summed E-state index contributed by atoms with van der Waals surface area (Å²) in [5, 5.41) is 0. The molecule has 0 spiro atoms. The number of nitrogens with zero attached hydrogens (tertiary/aromatic N) is 4. The topological polar surface area (TPSA) is 43.2 Å². The van der Waals surface area contributed by atoms with Gasteiger partial charge in [0, 0.05) is 50.1 Å². The quantitative estimate of drug-likeness (QED) is 0.728. The summed E-state index contributed by atoms with van der Waals surface area (Å²) in [6.07, 6.45) is 6.72. The highest BCUT2D eigenvalue weighted by molar-refractivity contribution is 5.54. The fourth-order valence-electron chi connectivity index (χ4n) is 4.01. The maximum Gasteiger partial charge on any atom is 0.141 e. The van der Waals surface area contributed by atoms with Gasteiger partial charge in [-0.05, 0) is 36.2 Å². The first kappa shape index (κ1) is 15.6. The predicted octanol–water partition coefficient (Wildman–Crippen LogP) is 3.46. The number of ether oxygens (including phenoxy) is 1. The molecule has 26 heavy (non-hydrogen) atoms. The van der Waals surface area contributed by atoms with Gasteiger partial charge < -0.3 is 9.30 Å². The van der Waals surface area contributed by atoms with Gasteiger partial charge in [-0.25, -0.2) is 4.98 Å². The standard InChI is InChI=1S/C21H22N4O/c1-15(17-5-4-16-6-10-26-20(16)11-17)24-8-9-25-19(14-24)13-23-21(25)18-3-2-7-22-12-18/h2-5,7,11-13,15H,6,8-10,14H2,1H3. The highest BCUT2D eigenvalue weighted by Gasteiger charge is 2.25. The molecule has 0 saturated heterocycles. The Kier molecular flexibility index (Phi) is 3.75. The zero-order valence-corrected chi connectivity index (χ0v) is 14.9. The van der Waals surface area contributed by atoms with Gasteiger partial charge in [0.1, 0.15) is 11.6 Å². The molecule has 0 N–H and O–H groups in total. The minimum atomic E-state index is 0.356. The van der Waals surface area contributed by atoms with Gasteiger partial charge in [0.05, 0.1) is 18.5 Å². The molecule has 5 heteroatoms. The number of hydrogen-bond acceptors (Lipinski definition) is 4. The third-order valence-corrected chi connectivity index (χ3v) is 5.58. The van der Waals surface area contributed by atoms with Gasteiger partial charge in [0.25, 0.3) is 0 Å². The van der Waals surface area contributed by atoms with Gasteiger partial charge in [-0.3, -0.25) is 9.88 Å². The van der Waals surface area contributed by atoms with E-state index in [2.05, 4.69) is 50.6 Å². The Balaban J connectivity index is 1.38. The van der Waals surface area contributed by atoms with Gasteiger partial charge in [-0.1, -0.05) is 12.1 Å². The van der Waals surface area contributed by atoms with Crippen molar-refractivity contribution in [3.8, 4) is 17.1 Å². The van der Waals surface area contributed by atoms with Crippen molar-refractivity contribution in [2.24, 2.45) is 0 Å². The Morgan fingerprint density at radius 1 is 1.15 bits per heavy atom. The molecule has 2 aromatic heterocycles. The van der Waals surface area contributed by atoms with Crippen LogP contribution < -0.4 is 4.74 Å². The Labute approximate surface area is 153 Å². The molecule has 132 valence electrons. The number of pyridine rings is 1. The average molecular weight is 346 g/mol. The van der Waals surface area contributed by atoms with Crippen molar-refractivity contribution >= 4 is 0 Å². The third-order valence-electron chi connectivity index (χ3n) is 5.58. The lowest BCUT2D eigenvalue weighted by Crippen LogP contribution is -2.35. The third kappa shape index (κ3) is 2.59. The summed E-state index contributed by atoms with van der Waals surface area (Å²) in [7, 11) is 0. The van der Waals surface area contributed by atoms with Crippen LogP contribution in [0.4, 0.5) is 0 Å². The molecule has 0 saturated carbocycles. The first-order chi connectivity index (χ1) is 12.8. The van der Waals surface area contributed by atoms with Crippen LogP contribution in [0.1, 0.15) is 29.8 Å². The fraction of sp³-hybridized carbons (Fsp3) is 0.333. The summed E-state index contributed by atoms with van der Waals surface area (Å²) in [6.45, 7) is 5.96. The molecule has 0 amide bonds. The number of benzene rings is 1. The molecule has 2 aliphatic heterocycles. The van der Waals surface area contributed by atoms with Crippen LogP contribution in [0, 0.1) is 0 Å². The van der Waals surface area contributed by atoms with Crippen molar-refractivity contribution in [3.63, 3.8) is 0 Å². The Morgan fingerprint density at radius 2 is 2.12 bits per heavy atom. The maximum absolute atomic E-state index is 5.75. The molecular weight excluding hydrogens is 324 g/mol. The summed E-state index contributed by atoms with van der Waals surface area (Å²) >= 11 is 0. The fourth-order valence-corrected chi connectivity index (χ4v) is 4.01. The smallest absolute Gasteiger partial charge is 0.141 e. The lowest BCUT2D eigenvalue weighted by molar-refractivity contribution is 0.167. The second kappa shape index (κ2) is 6.25. The van der Waals surface area contributed by atoms with Crippen molar-refractivity contribution < 1.29 is 4.74 Å². The van der Waals surface area contributed by atoms with Crippen molar-refractivity contribution in [3.05, 3.63) is 65.7 Å². The molecule has 5 nitrogen and oxygen atoms in total. The van der Waals surface area contributed by atoms with E-state index in [1.54, 1.807) is 6.20 Å². The summed E-state index contributed by atoms with van der Waals surface area (Å²) in [6, 6.07) is 11.1. The SMILES string of the molecule is CC(c1ccc2c(c1)OCC2)N1CCn2c(cnc2-c2cccnc2)C1. The summed E-state index contributed by atoms with van der Waals surface area (Å²) in [5.41, 5.74) is 5.00. The van der Waals surface area contributed by atoms with Crippen LogP contribution in [0.15, 0.2) is 48.9 Å². The molecule has 0 radical (unpaired) electrons. The van der Waals surface area contributed by atoms with Crippen molar-refractivity contribution in [2.45, 2.75) is 32.5 Å². The van der Waals surface area contributed by atoms with E-state index in [-0.39, 0.29) is 0 Å². The molecule has 0 fully saturated rings. The highest BCUT2D eigenvalue weighted by Crippen LogP contribution is 2.32.